The first-order chi connectivity index (χ1) is 16.0. The number of carboxylic acid groups (broad SMARTS) is 1. The van der Waals surface area contributed by atoms with Crippen molar-refractivity contribution in [3.05, 3.63) is 71.7 Å². The van der Waals surface area contributed by atoms with Crippen molar-refractivity contribution >= 4 is 22.4 Å². The van der Waals surface area contributed by atoms with Gasteiger partial charge in [-0.15, -0.1) is 0 Å². The smallest absolute Gasteiger partial charge is 0.307 e. The molecule has 3 aromatic rings. The maximum atomic E-state index is 13.7. The lowest BCUT2D eigenvalue weighted by atomic mass is 10.0. The third-order valence-electron chi connectivity index (χ3n) is 6.06. The topological polar surface area (TPSA) is 56.7 Å². The molecule has 1 atom stereocenters. The first-order valence-electron chi connectivity index (χ1n) is 11.5. The normalized spacial score (nSPS) is 16.8. The van der Waals surface area contributed by atoms with E-state index in [9.17, 15) is 9.18 Å². The molecule has 1 fully saturated rings. The minimum Gasteiger partial charge on any atom is -0.481 e. The second-order valence-corrected chi connectivity index (χ2v) is 9.64. The van der Waals surface area contributed by atoms with Crippen molar-refractivity contribution in [2.45, 2.75) is 45.2 Å². The van der Waals surface area contributed by atoms with E-state index in [2.05, 4.69) is 22.8 Å². The van der Waals surface area contributed by atoms with Gasteiger partial charge in [0.05, 0.1) is 11.3 Å². The largest absolute Gasteiger partial charge is 0.481 e. The van der Waals surface area contributed by atoms with Crippen molar-refractivity contribution in [3.63, 3.8) is 0 Å². The highest BCUT2D eigenvalue weighted by Gasteiger charge is 2.28. The predicted molar refractivity (Wildman–Crippen MR) is 131 cm³/mol. The van der Waals surface area contributed by atoms with Crippen LogP contribution in [0.4, 0.5) is 9.52 Å². The number of unbranched alkanes of at least 4 members (excludes halogenated alkanes) is 1. The Kier molecular flexibility index (Phi) is 7.73. The number of hydrogen-bond donors (Lipinski definition) is 1. The van der Waals surface area contributed by atoms with E-state index in [1.807, 2.05) is 30.5 Å². The van der Waals surface area contributed by atoms with Crippen LogP contribution >= 0.6 is 11.3 Å². The van der Waals surface area contributed by atoms with Crippen LogP contribution in [-0.4, -0.2) is 46.6 Å². The predicted octanol–water partition coefficient (Wildman–Crippen LogP) is 5.46. The van der Waals surface area contributed by atoms with Crippen LogP contribution in [0.15, 0.2) is 54.7 Å². The highest BCUT2D eigenvalue weighted by molar-refractivity contribution is 7.18. The SMILES string of the molecule is CCCC[C@@H]1CN(Cc2cccc(CC(=O)O)c2)CCN1c1ncc(-c2cccc(F)c2)s1. The van der Waals surface area contributed by atoms with Crippen LogP contribution in [0.25, 0.3) is 10.4 Å². The molecular formula is C26H30FN3O2S. The first kappa shape index (κ1) is 23.4. The molecule has 174 valence electrons. The molecule has 0 aliphatic carbocycles. The Labute approximate surface area is 198 Å². The van der Waals surface area contributed by atoms with Gasteiger partial charge in [0.2, 0.25) is 0 Å². The van der Waals surface area contributed by atoms with E-state index < -0.39 is 5.97 Å². The van der Waals surface area contributed by atoms with Crippen molar-refractivity contribution in [1.82, 2.24) is 9.88 Å². The Bertz CT molecular complexity index is 1090. The number of halogens is 1. The second-order valence-electron chi connectivity index (χ2n) is 8.63. The van der Waals surface area contributed by atoms with Crippen molar-refractivity contribution in [2.75, 3.05) is 24.5 Å². The van der Waals surface area contributed by atoms with Crippen LogP contribution in [0.2, 0.25) is 0 Å². The Hall–Kier alpha value is -2.77. The van der Waals surface area contributed by atoms with Crippen LogP contribution in [0.5, 0.6) is 0 Å². The van der Waals surface area contributed by atoms with Crippen LogP contribution in [-0.2, 0) is 17.8 Å². The molecular weight excluding hydrogens is 437 g/mol. The molecule has 2 aromatic carbocycles. The van der Waals surface area contributed by atoms with Gasteiger partial charge in [-0.2, -0.15) is 0 Å². The van der Waals surface area contributed by atoms with Gasteiger partial charge in [0, 0.05) is 38.4 Å². The van der Waals surface area contributed by atoms with Crippen LogP contribution in [0.1, 0.15) is 37.3 Å². The van der Waals surface area contributed by atoms with E-state index in [1.165, 1.54) is 6.07 Å². The molecule has 5 nitrogen and oxygen atoms in total. The zero-order valence-electron chi connectivity index (χ0n) is 18.9. The van der Waals surface area contributed by atoms with Crippen LogP contribution < -0.4 is 4.90 Å². The van der Waals surface area contributed by atoms with Gasteiger partial charge in [0.25, 0.3) is 0 Å². The van der Waals surface area contributed by atoms with Crippen molar-refractivity contribution < 1.29 is 14.3 Å². The minimum atomic E-state index is -0.804. The standard InChI is InChI=1S/C26H30FN3O2S/c1-2-3-10-23-18-29(17-20-7-4-6-19(13-20)14-25(31)32)11-12-30(23)26-28-16-24(33-26)21-8-5-9-22(27)15-21/h4-9,13,15-16,23H,2-3,10-12,14,17-18H2,1H3,(H,31,32)/t23-/m1/s1. The van der Waals surface area contributed by atoms with Gasteiger partial charge in [0.1, 0.15) is 5.82 Å². The van der Waals surface area contributed by atoms with Gasteiger partial charge in [-0.1, -0.05) is 67.5 Å². The van der Waals surface area contributed by atoms with Gasteiger partial charge < -0.3 is 10.0 Å². The molecule has 1 aliphatic heterocycles. The van der Waals surface area contributed by atoms with Gasteiger partial charge in [-0.3, -0.25) is 9.69 Å². The van der Waals surface area contributed by atoms with Gasteiger partial charge in [0.15, 0.2) is 5.13 Å². The zero-order valence-corrected chi connectivity index (χ0v) is 19.7. The summed E-state index contributed by atoms with van der Waals surface area (Å²) in [5, 5.41) is 10.1. The summed E-state index contributed by atoms with van der Waals surface area (Å²) < 4.78 is 13.7. The molecule has 0 spiro atoms. The summed E-state index contributed by atoms with van der Waals surface area (Å²) in [5.74, 6) is -1.04. The summed E-state index contributed by atoms with van der Waals surface area (Å²) in [5.41, 5.74) is 2.86. The fraction of sp³-hybridized carbons (Fsp3) is 0.385. The fourth-order valence-corrected chi connectivity index (χ4v) is 5.46. The lowest BCUT2D eigenvalue weighted by Gasteiger charge is -2.41. The maximum Gasteiger partial charge on any atom is 0.307 e. The van der Waals surface area contributed by atoms with Crippen LogP contribution in [0.3, 0.4) is 0 Å². The molecule has 0 unspecified atom stereocenters. The summed E-state index contributed by atoms with van der Waals surface area (Å²) in [4.78, 5) is 21.6. The molecule has 1 aliphatic rings. The van der Waals surface area contributed by atoms with Gasteiger partial charge in [-0.25, -0.2) is 9.37 Å². The molecule has 0 radical (unpaired) electrons. The average Bonchev–Trinajstić information content (AvgIpc) is 3.28. The molecule has 1 saturated heterocycles. The van der Waals surface area contributed by atoms with Crippen molar-refractivity contribution in [1.29, 1.82) is 0 Å². The monoisotopic (exact) mass is 467 g/mol. The van der Waals surface area contributed by atoms with E-state index in [0.29, 0.717) is 6.04 Å². The van der Waals surface area contributed by atoms with Crippen LogP contribution in [0, 0.1) is 5.82 Å². The van der Waals surface area contributed by atoms with Gasteiger partial charge >= 0.3 is 5.97 Å². The molecule has 1 aromatic heterocycles. The Morgan fingerprint density at radius 1 is 1.18 bits per heavy atom. The number of carbonyl (C=O) groups is 1. The fourth-order valence-electron chi connectivity index (χ4n) is 4.45. The number of piperazine rings is 1. The highest BCUT2D eigenvalue weighted by Crippen LogP contribution is 2.34. The minimum absolute atomic E-state index is 0.0540. The van der Waals surface area contributed by atoms with Crippen molar-refractivity contribution in [3.8, 4) is 10.4 Å². The Morgan fingerprint density at radius 3 is 2.79 bits per heavy atom. The third kappa shape index (κ3) is 6.18. The van der Waals surface area contributed by atoms with E-state index in [0.717, 1.165) is 72.1 Å². The summed E-state index contributed by atoms with van der Waals surface area (Å²) in [6.45, 7) is 5.78. The number of rotatable bonds is 9. The number of thiazole rings is 1. The number of anilines is 1. The highest BCUT2D eigenvalue weighted by atomic mass is 32.1. The number of benzene rings is 2. The van der Waals surface area contributed by atoms with Gasteiger partial charge in [-0.05, 0) is 35.2 Å². The number of aliphatic carboxylic acids is 1. The maximum absolute atomic E-state index is 13.7. The lowest BCUT2D eigenvalue weighted by Crippen LogP contribution is -2.53. The summed E-state index contributed by atoms with van der Waals surface area (Å²) in [7, 11) is 0. The molecule has 1 N–H and O–H groups in total. The number of hydrogen-bond acceptors (Lipinski definition) is 5. The first-order valence-corrected chi connectivity index (χ1v) is 12.3. The average molecular weight is 468 g/mol. The summed E-state index contributed by atoms with van der Waals surface area (Å²) in [6, 6.07) is 14.9. The van der Waals surface area contributed by atoms with E-state index in [-0.39, 0.29) is 12.2 Å². The van der Waals surface area contributed by atoms with E-state index >= 15 is 0 Å². The van der Waals surface area contributed by atoms with Crippen molar-refractivity contribution in [2.24, 2.45) is 0 Å². The lowest BCUT2D eigenvalue weighted by molar-refractivity contribution is -0.136. The number of aromatic nitrogens is 1. The number of carboxylic acids is 1. The van der Waals surface area contributed by atoms with E-state index in [1.54, 1.807) is 23.5 Å². The molecule has 7 heteroatoms. The zero-order chi connectivity index (χ0) is 23.2. The molecule has 4 rings (SSSR count). The molecule has 33 heavy (non-hydrogen) atoms. The Morgan fingerprint density at radius 2 is 2.00 bits per heavy atom. The summed E-state index contributed by atoms with van der Waals surface area (Å²) >= 11 is 1.63. The summed E-state index contributed by atoms with van der Waals surface area (Å²) in [6.07, 6.45) is 5.31. The quantitative estimate of drug-likeness (QED) is 0.453. The molecule has 0 bridgehead atoms. The van der Waals surface area contributed by atoms with E-state index in [4.69, 9.17) is 10.1 Å². The molecule has 0 amide bonds. The second kappa shape index (κ2) is 10.9. The number of nitrogens with zero attached hydrogens (tertiary/aromatic N) is 3. The third-order valence-corrected chi connectivity index (χ3v) is 7.14. The molecule has 2 heterocycles. The Balaban J connectivity index is 1.46. The molecule has 0 saturated carbocycles.